The first-order valence-corrected chi connectivity index (χ1v) is 7.19. The van der Waals surface area contributed by atoms with E-state index in [2.05, 4.69) is 0 Å². The normalized spacial score (nSPS) is 10.5. The van der Waals surface area contributed by atoms with Crippen LogP contribution in [0.5, 0.6) is 5.75 Å². The highest BCUT2D eigenvalue weighted by Gasteiger charge is 2.04. The summed E-state index contributed by atoms with van der Waals surface area (Å²) in [6.07, 6.45) is 0. The van der Waals surface area contributed by atoms with Crippen molar-refractivity contribution < 1.29 is 13.5 Å². The topological polar surface area (TPSA) is 80.4 Å². The average Bonchev–Trinajstić information content (AvgIpc) is 2.33. The summed E-state index contributed by atoms with van der Waals surface area (Å²) in [4.78, 5) is 0.156. The molecule has 0 amide bonds. The van der Waals surface area contributed by atoms with Crippen LogP contribution in [-0.4, -0.2) is 13.5 Å². The lowest BCUT2D eigenvalue weighted by Gasteiger charge is -1.96. The maximum Gasteiger partial charge on any atom is 0.238 e. The van der Waals surface area contributed by atoms with Gasteiger partial charge in [0.15, 0.2) is 0 Å². The van der Waals surface area contributed by atoms with Crippen LogP contribution >= 0.6 is 0 Å². The Morgan fingerprint density at radius 2 is 1.47 bits per heavy atom. The molecule has 0 spiro atoms. The molecule has 0 heterocycles. The number of nitrogens with two attached hydrogens (primary N) is 1. The number of aromatic hydroxyl groups is 1. The lowest BCUT2D eigenvalue weighted by Crippen LogP contribution is -2.11. The van der Waals surface area contributed by atoms with Gasteiger partial charge in [-0.05, 0) is 37.6 Å². The lowest BCUT2D eigenvalue weighted by atomic mass is 10.2. The summed E-state index contributed by atoms with van der Waals surface area (Å²) in [5.41, 5.74) is 1.94. The zero-order chi connectivity index (χ0) is 14.5. The van der Waals surface area contributed by atoms with E-state index in [0.717, 1.165) is 11.1 Å². The van der Waals surface area contributed by atoms with Gasteiger partial charge in [-0.25, -0.2) is 13.6 Å². The zero-order valence-corrected chi connectivity index (χ0v) is 11.7. The molecule has 0 saturated carbocycles. The van der Waals surface area contributed by atoms with Crippen LogP contribution in [0.3, 0.4) is 0 Å². The lowest BCUT2D eigenvalue weighted by molar-refractivity contribution is 0.471. The van der Waals surface area contributed by atoms with E-state index in [1.807, 2.05) is 32.0 Å². The summed E-state index contributed by atoms with van der Waals surface area (Å²) in [5.74, 6) is 0.368. The minimum Gasteiger partial charge on any atom is -0.508 e. The highest BCUT2D eigenvalue weighted by atomic mass is 32.2. The second-order valence-electron chi connectivity index (χ2n) is 4.14. The van der Waals surface area contributed by atoms with Crippen LogP contribution in [-0.2, 0) is 10.0 Å². The van der Waals surface area contributed by atoms with Crippen LogP contribution in [0.15, 0.2) is 53.4 Å². The molecule has 2 aromatic carbocycles. The fraction of sp³-hybridized carbons (Fsp3) is 0.143. The van der Waals surface area contributed by atoms with Gasteiger partial charge in [0.2, 0.25) is 10.0 Å². The molecule has 0 aromatic heterocycles. The monoisotopic (exact) mass is 279 g/mol. The van der Waals surface area contributed by atoms with Gasteiger partial charge in [-0.3, -0.25) is 0 Å². The van der Waals surface area contributed by atoms with Gasteiger partial charge < -0.3 is 5.11 Å². The standard InChI is InChI=1S/C7H9NO2S.C7H8O/c1-6-2-4-7(5-3-6)11(8,9)10;1-6-4-2-3-5-7(6)8/h2-5H,1H3,(H2,8,9,10);2-5,8H,1H3. The molecule has 0 aliphatic heterocycles. The highest BCUT2D eigenvalue weighted by molar-refractivity contribution is 7.89. The van der Waals surface area contributed by atoms with Gasteiger partial charge in [0.05, 0.1) is 4.90 Å². The van der Waals surface area contributed by atoms with Crippen molar-refractivity contribution in [3.05, 3.63) is 59.7 Å². The van der Waals surface area contributed by atoms with Crippen LogP contribution in [0.2, 0.25) is 0 Å². The summed E-state index contributed by atoms with van der Waals surface area (Å²) in [6.45, 7) is 3.75. The summed E-state index contributed by atoms with van der Waals surface area (Å²) >= 11 is 0. The van der Waals surface area contributed by atoms with Crippen LogP contribution in [0.4, 0.5) is 0 Å². The molecular weight excluding hydrogens is 262 g/mol. The van der Waals surface area contributed by atoms with Crippen molar-refractivity contribution >= 4 is 10.0 Å². The zero-order valence-electron chi connectivity index (χ0n) is 10.9. The fourth-order valence-corrected chi connectivity index (χ4v) is 1.81. The molecule has 0 saturated heterocycles. The fourth-order valence-electron chi connectivity index (χ4n) is 1.29. The van der Waals surface area contributed by atoms with Crippen LogP contribution in [0.1, 0.15) is 11.1 Å². The van der Waals surface area contributed by atoms with Crippen LogP contribution < -0.4 is 5.14 Å². The predicted molar refractivity (Wildman–Crippen MR) is 75.4 cm³/mol. The molecule has 0 unspecified atom stereocenters. The first-order chi connectivity index (χ1) is 8.80. The minimum absolute atomic E-state index is 0.156. The maximum atomic E-state index is 10.7. The van der Waals surface area contributed by atoms with E-state index >= 15 is 0 Å². The van der Waals surface area contributed by atoms with E-state index in [-0.39, 0.29) is 4.90 Å². The van der Waals surface area contributed by atoms with E-state index in [0.29, 0.717) is 5.75 Å². The van der Waals surface area contributed by atoms with Gasteiger partial charge in [-0.1, -0.05) is 35.9 Å². The first-order valence-electron chi connectivity index (χ1n) is 5.65. The Morgan fingerprint density at radius 3 is 1.84 bits per heavy atom. The number of benzene rings is 2. The minimum atomic E-state index is -3.52. The number of phenolic OH excluding ortho intramolecular Hbond substituents is 1. The van der Waals surface area contributed by atoms with Crippen molar-refractivity contribution in [3.8, 4) is 5.75 Å². The number of sulfonamides is 1. The van der Waals surface area contributed by atoms with E-state index in [4.69, 9.17) is 10.2 Å². The van der Waals surface area contributed by atoms with E-state index in [9.17, 15) is 8.42 Å². The first kappa shape index (κ1) is 15.2. The molecular formula is C14H17NO3S. The number of primary sulfonamides is 1. The van der Waals surface area contributed by atoms with Crippen LogP contribution in [0, 0.1) is 13.8 Å². The molecule has 5 heteroatoms. The third-order valence-electron chi connectivity index (χ3n) is 2.46. The SMILES string of the molecule is Cc1ccc(S(N)(=O)=O)cc1.Cc1ccccc1O. The maximum absolute atomic E-state index is 10.7. The Hall–Kier alpha value is -1.85. The Balaban J connectivity index is 0.000000200. The van der Waals surface area contributed by atoms with Crippen LogP contribution in [0.25, 0.3) is 0 Å². The predicted octanol–water partition coefficient (Wildman–Crippen LogP) is 2.34. The molecule has 3 N–H and O–H groups in total. The Morgan fingerprint density at radius 1 is 0.947 bits per heavy atom. The summed E-state index contributed by atoms with van der Waals surface area (Å²) < 4.78 is 21.4. The molecule has 0 aliphatic carbocycles. The Kier molecular flexibility index (Phi) is 5.09. The highest BCUT2D eigenvalue weighted by Crippen LogP contribution is 2.12. The van der Waals surface area contributed by atoms with Gasteiger partial charge in [0.1, 0.15) is 5.75 Å². The van der Waals surface area contributed by atoms with E-state index < -0.39 is 10.0 Å². The number of aryl methyl sites for hydroxylation is 2. The van der Waals surface area contributed by atoms with Crippen molar-refractivity contribution in [2.75, 3.05) is 0 Å². The summed E-state index contributed by atoms with van der Waals surface area (Å²) in [7, 11) is -3.52. The molecule has 19 heavy (non-hydrogen) atoms. The molecule has 0 aliphatic rings. The molecule has 102 valence electrons. The molecule has 0 bridgehead atoms. The summed E-state index contributed by atoms with van der Waals surface area (Å²) in [6, 6.07) is 13.6. The van der Waals surface area contributed by atoms with Gasteiger partial charge in [0.25, 0.3) is 0 Å². The van der Waals surface area contributed by atoms with Crippen molar-refractivity contribution in [3.63, 3.8) is 0 Å². The molecule has 2 rings (SSSR count). The quantitative estimate of drug-likeness (QED) is 0.840. The molecule has 0 fully saturated rings. The molecule has 2 aromatic rings. The summed E-state index contributed by atoms with van der Waals surface area (Å²) in [5, 5.41) is 13.8. The third-order valence-corrected chi connectivity index (χ3v) is 3.39. The number of phenols is 1. The Bertz CT molecular complexity index is 613. The number of hydrogen-bond acceptors (Lipinski definition) is 3. The number of rotatable bonds is 1. The Labute approximate surface area is 113 Å². The largest absolute Gasteiger partial charge is 0.508 e. The van der Waals surface area contributed by atoms with E-state index in [1.165, 1.54) is 12.1 Å². The molecule has 0 radical (unpaired) electrons. The molecule has 4 nitrogen and oxygen atoms in total. The van der Waals surface area contributed by atoms with Gasteiger partial charge in [0, 0.05) is 0 Å². The van der Waals surface area contributed by atoms with Gasteiger partial charge in [-0.15, -0.1) is 0 Å². The van der Waals surface area contributed by atoms with Gasteiger partial charge in [-0.2, -0.15) is 0 Å². The van der Waals surface area contributed by atoms with E-state index in [1.54, 1.807) is 18.2 Å². The van der Waals surface area contributed by atoms with Crippen molar-refractivity contribution in [1.82, 2.24) is 0 Å². The number of para-hydroxylation sites is 1. The second-order valence-corrected chi connectivity index (χ2v) is 5.71. The van der Waals surface area contributed by atoms with Crippen molar-refractivity contribution in [1.29, 1.82) is 0 Å². The second kappa shape index (κ2) is 6.36. The smallest absolute Gasteiger partial charge is 0.238 e. The third kappa shape index (κ3) is 5.11. The van der Waals surface area contributed by atoms with Gasteiger partial charge >= 0.3 is 0 Å². The van der Waals surface area contributed by atoms with Crippen molar-refractivity contribution in [2.45, 2.75) is 18.7 Å². The molecule has 0 atom stereocenters. The van der Waals surface area contributed by atoms with Crippen molar-refractivity contribution in [2.24, 2.45) is 5.14 Å². The average molecular weight is 279 g/mol. The number of hydrogen-bond donors (Lipinski definition) is 2.